The molecular weight excluding hydrogens is 729 g/mol. The van der Waals surface area contributed by atoms with Crippen molar-refractivity contribution in [2.45, 2.75) is 0 Å². The van der Waals surface area contributed by atoms with Crippen molar-refractivity contribution in [3.05, 3.63) is 217 Å². The number of rotatable bonds is 6. The second-order valence-electron chi connectivity index (χ2n) is 15.0. The van der Waals surface area contributed by atoms with Gasteiger partial charge in [0.2, 0.25) is 0 Å². The number of hydrogen-bond acceptors (Lipinski definition) is 2. The molecule has 2 aromatic heterocycles. The van der Waals surface area contributed by atoms with Crippen molar-refractivity contribution >= 4 is 43.6 Å². The van der Waals surface area contributed by atoms with E-state index in [1.54, 1.807) is 0 Å². The number of nitriles is 2. The molecule has 9 aromatic carbocycles. The highest BCUT2D eigenvalue weighted by Gasteiger charge is 2.33. The largest absolute Gasteiger partial charge is 0.307 e. The molecular formula is C56H34N4. The molecule has 0 N–H and O–H groups in total. The quantitative estimate of drug-likeness (QED) is 0.169. The zero-order valence-electron chi connectivity index (χ0n) is 32.4. The van der Waals surface area contributed by atoms with Gasteiger partial charge in [-0.15, -0.1) is 0 Å². The van der Waals surface area contributed by atoms with Gasteiger partial charge in [-0.05, 0) is 57.6 Å². The molecule has 0 aliphatic rings. The molecule has 4 nitrogen and oxygen atoms in total. The maximum atomic E-state index is 12.1. The summed E-state index contributed by atoms with van der Waals surface area (Å²) >= 11 is 0. The molecule has 0 saturated heterocycles. The number of hydrogen-bond donors (Lipinski definition) is 0. The van der Waals surface area contributed by atoms with Crippen molar-refractivity contribution in [3.8, 4) is 68.0 Å². The van der Waals surface area contributed by atoms with Gasteiger partial charge in [0.25, 0.3) is 0 Å². The third-order valence-electron chi connectivity index (χ3n) is 11.8. The van der Waals surface area contributed by atoms with Gasteiger partial charge in [0, 0.05) is 32.7 Å². The van der Waals surface area contributed by atoms with Crippen LogP contribution in [-0.2, 0) is 0 Å². The summed E-state index contributed by atoms with van der Waals surface area (Å²) in [5, 5.41) is 28.4. The molecule has 0 atom stereocenters. The monoisotopic (exact) mass is 762 g/mol. The zero-order valence-corrected chi connectivity index (χ0v) is 32.4. The lowest BCUT2D eigenvalue weighted by Gasteiger charge is -2.27. The Bertz CT molecular complexity index is 3210. The van der Waals surface area contributed by atoms with Crippen molar-refractivity contribution < 1.29 is 0 Å². The summed E-state index contributed by atoms with van der Waals surface area (Å²) in [6.07, 6.45) is 0. The first-order valence-corrected chi connectivity index (χ1v) is 20.1. The van der Waals surface area contributed by atoms with Crippen LogP contribution in [0.2, 0.25) is 0 Å². The van der Waals surface area contributed by atoms with Crippen molar-refractivity contribution in [3.63, 3.8) is 0 Å². The van der Waals surface area contributed by atoms with Crippen LogP contribution in [0, 0.1) is 22.7 Å². The highest BCUT2D eigenvalue weighted by molar-refractivity contribution is 6.14. The van der Waals surface area contributed by atoms with Crippen LogP contribution in [0.15, 0.2) is 206 Å². The number of aromatic nitrogens is 2. The second-order valence-corrected chi connectivity index (χ2v) is 15.0. The summed E-state index contributed by atoms with van der Waals surface area (Å²) in [7, 11) is 0. The minimum atomic E-state index is 0.471. The summed E-state index contributed by atoms with van der Waals surface area (Å²) in [4.78, 5) is 0. The van der Waals surface area contributed by atoms with E-state index in [0.29, 0.717) is 33.6 Å². The Morgan fingerprint density at radius 3 is 0.867 bits per heavy atom. The Morgan fingerprint density at radius 1 is 0.283 bits per heavy atom. The van der Waals surface area contributed by atoms with Gasteiger partial charge in [-0.1, -0.05) is 182 Å². The Hall–Kier alpha value is -8.44. The number of fused-ring (bicyclic) bond motifs is 6. The molecule has 0 unspecified atom stereocenters. The lowest BCUT2D eigenvalue weighted by molar-refractivity contribution is 1.13. The summed E-state index contributed by atoms with van der Waals surface area (Å²) in [5.41, 5.74) is 13.1. The fourth-order valence-electron chi connectivity index (χ4n) is 9.38. The van der Waals surface area contributed by atoms with E-state index in [-0.39, 0.29) is 0 Å². The maximum Gasteiger partial charge on any atom is 0.102 e. The van der Waals surface area contributed by atoms with Crippen LogP contribution in [0.4, 0.5) is 0 Å². The van der Waals surface area contributed by atoms with Crippen LogP contribution in [0.1, 0.15) is 11.1 Å². The average Bonchev–Trinajstić information content (AvgIpc) is 3.84. The van der Waals surface area contributed by atoms with Crippen LogP contribution in [0.25, 0.3) is 99.5 Å². The summed E-state index contributed by atoms with van der Waals surface area (Å²) in [6, 6.07) is 76.3. The molecule has 2 heterocycles. The van der Waals surface area contributed by atoms with Crippen LogP contribution >= 0.6 is 0 Å². The first kappa shape index (κ1) is 34.8. The van der Waals surface area contributed by atoms with Gasteiger partial charge in [-0.25, -0.2) is 0 Å². The molecule has 60 heavy (non-hydrogen) atoms. The van der Waals surface area contributed by atoms with Crippen molar-refractivity contribution in [1.29, 1.82) is 10.5 Å². The molecule has 0 spiro atoms. The normalized spacial score (nSPS) is 11.3. The van der Waals surface area contributed by atoms with E-state index in [0.717, 1.165) is 77.0 Å². The van der Waals surface area contributed by atoms with Crippen LogP contribution in [0.5, 0.6) is 0 Å². The third-order valence-corrected chi connectivity index (χ3v) is 11.8. The molecule has 11 rings (SSSR count). The Labute approximate surface area is 347 Å². The van der Waals surface area contributed by atoms with Gasteiger partial charge in [0.05, 0.1) is 44.6 Å². The summed E-state index contributed by atoms with van der Waals surface area (Å²) < 4.78 is 4.46. The van der Waals surface area contributed by atoms with Crippen LogP contribution in [-0.4, -0.2) is 9.13 Å². The minimum Gasteiger partial charge on any atom is -0.307 e. The smallest absolute Gasteiger partial charge is 0.102 e. The minimum absolute atomic E-state index is 0.471. The van der Waals surface area contributed by atoms with Crippen LogP contribution in [0.3, 0.4) is 0 Å². The fourth-order valence-corrected chi connectivity index (χ4v) is 9.38. The highest BCUT2D eigenvalue weighted by Crippen LogP contribution is 2.51. The van der Waals surface area contributed by atoms with E-state index in [1.807, 2.05) is 84.9 Å². The standard InChI is InChI=1S/C56H34N4/c57-35-47-53(45-29-9-7-23-39(45)37-19-3-1-4-20-37)55(59-49-31-15-11-25-41(49)42-26-12-16-32-50(42)59)48(36-58)54(46-30-10-8-24-40(46)38-21-5-2-6-22-38)56(47)60-51-33-17-13-27-43(51)44-28-14-18-34-52(44)60/h1-34H. The molecule has 0 bridgehead atoms. The first-order valence-electron chi connectivity index (χ1n) is 20.1. The Balaban J connectivity index is 1.45. The molecule has 11 aromatic rings. The predicted molar refractivity (Wildman–Crippen MR) is 246 cm³/mol. The summed E-state index contributed by atoms with van der Waals surface area (Å²) in [5.74, 6) is 0. The number of benzene rings is 9. The molecule has 0 radical (unpaired) electrons. The van der Waals surface area contributed by atoms with Gasteiger partial charge in [-0.2, -0.15) is 10.5 Å². The third kappa shape index (κ3) is 5.22. The topological polar surface area (TPSA) is 57.4 Å². The van der Waals surface area contributed by atoms with E-state index in [9.17, 15) is 10.5 Å². The molecule has 0 fully saturated rings. The molecule has 0 saturated carbocycles. The molecule has 0 aliphatic heterocycles. The fraction of sp³-hybridized carbons (Fsp3) is 0. The molecule has 0 aliphatic carbocycles. The van der Waals surface area contributed by atoms with E-state index in [4.69, 9.17) is 0 Å². The zero-order chi connectivity index (χ0) is 40.2. The van der Waals surface area contributed by atoms with Gasteiger partial charge in [0.1, 0.15) is 12.1 Å². The molecule has 0 amide bonds. The first-order chi connectivity index (χ1) is 29.8. The highest BCUT2D eigenvalue weighted by atomic mass is 15.0. The van der Waals surface area contributed by atoms with Gasteiger partial charge in [-0.3, -0.25) is 0 Å². The predicted octanol–water partition coefficient (Wildman–Crippen LogP) is 14.3. The SMILES string of the molecule is N#Cc1c(-c2ccccc2-c2ccccc2)c(-n2c3ccccc3c3ccccc32)c(C#N)c(-c2ccccc2-c2ccccc2)c1-n1c2ccccc2c2ccccc21. The maximum absolute atomic E-state index is 12.1. The lowest BCUT2D eigenvalue weighted by atomic mass is 9.82. The van der Waals surface area contributed by atoms with E-state index >= 15 is 0 Å². The number of nitrogens with zero attached hydrogens (tertiary/aromatic N) is 4. The Kier molecular flexibility index (Phi) is 8.22. The van der Waals surface area contributed by atoms with E-state index in [2.05, 4.69) is 143 Å². The number of para-hydroxylation sites is 4. The van der Waals surface area contributed by atoms with Crippen molar-refractivity contribution in [2.75, 3.05) is 0 Å². The average molecular weight is 763 g/mol. The van der Waals surface area contributed by atoms with Gasteiger partial charge in [0.15, 0.2) is 0 Å². The van der Waals surface area contributed by atoms with E-state index < -0.39 is 0 Å². The lowest BCUT2D eigenvalue weighted by Crippen LogP contribution is -2.11. The van der Waals surface area contributed by atoms with Gasteiger partial charge >= 0.3 is 0 Å². The summed E-state index contributed by atoms with van der Waals surface area (Å²) in [6.45, 7) is 0. The van der Waals surface area contributed by atoms with Gasteiger partial charge < -0.3 is 9.13 Å². The van der Waals surface area contributed by atoms with Crippen molar-refractivity contribution in [2.24, 2.45) is 0 Å². The van der Waals surface area contributed by atoms with Crippen molar-refractivity contribution in [1.82, 2.24) is 9.13 Å². The molecule has 278 valence electrons. The van der Waals surface area contributed by atoms with E-state index in [1.165, 1.54) is 0 Å². The molecule has 4 heteroatoms. The Morgan fingerprint density at radius 2 is 0.550 bits per heavy atom. The second kappa shape index (κ2) is 14.2. The van der Waals surface area contributed by atoms with Crippen LogP contribution < -0.4 is 0 Å².